The van der Waals surface area contributed by atoms with Crippen molar-refractivity contribution in [3.8, 4) is 0 Å². The fourth-order valence-corrected chi connectivity index (χ4v) is 5.30. The number of fused-ring (bicyclic) bond motifs is 1. The van der Waals surface area contributed by atoms with Gasteiger partial charge in [-0.05, 0) is 26.3 Å². The van der Waals surface area contributed by atoms with Crippen molar-refractivity contribution in [3.05, 3.63) is 39.9 Å². The van der Waals surface area contributed by atoms with E-state index in [1.807, 2.05) is 0 Å². The molecular weight excluding hydrogens is 388 g/mol. The summed E-state index contributed by atoms with van der Waals surface area (Å²) in [6.07, 6.45) is 0. The van der Waals surface area contributed by atoms with Crippen LogP contribution in [0.4, 0.5) is 5.69 Å². The third-order valence-electron chi connectivity index (χ3n) is 5.12. The normalized spacial score (nSPS) is 28.9. The van der Waals surface area contributed by atoms with E-state index in [4.69, 9.17) is 5.73 Å². The van der Waals surface area contributed by atoms with Gasteiger partial charge in [0.05, 0.1) is 4.92 Å². The van der Waals surface area contributed by atoms with Crippen LogP contribution >= 0.6 is 11.8 Å². The number of nitro benzene ring substituents is 1. The van der Waals surface area contributed by atoms with Crippen LogP contribution in [-0.4, -0.2) is 54.4 Å². The highest BCUT2D eigenvalue weighted by molar-refractivity contribution is 8.01. The summed E-state index contributed by atoms with van der Waals surface area (Å²) in [6, 6.07) is 3.19. The number of nitrogens with zero attached hydrogens (tertiary/aromatic N) is 2. The van der Waals surface area contributed by atoms with Crippen molar-refractivity contribution in [2.45, 2.75) is 48.5 Å². The molecule has 28 heavy (non-hydrogen) atoms. The number of thioether (sulfide) groups is 1. The zero-order chi connectivity index (χ0) is 21.0. The molecule has 1 unspecified atom stereocenters. The van der Waals surface area contributed by atoms with Crippen molar-refractivity contribution in [2.24, 2.45) is 5.73 Å². The number of aliphatic carboxylic acids is 1. The van der Waals surface area contributed by atoms with Crippen LogP contribution in [0.3, 0.4) is 0 Å². The lowest BCUT2D eigenvalue weighted by Crippen LogP contribution is -2.78. The van der Waals surface area contributed by atoms with Gasteiger partial charge >= 0.3 is 5.97 Å². The number of benzene rings is 1. The number of rotatable bonds is 5. The fraction of sp³-hybridized carbons (Fsp3) is 0.471. The van der Waals surface area contributed by atoms with Crippen LogP contribution < -0.4 is 11.1 Å². The van der Waals surface area contributed by atoms with E-state index in [1.165, 1.54) is 47.9 Å². The van der Waals surface area contributed by atoms with Gasteiger partial charge in [-0.2, -0.15) is 0 Å². The van der Waals surface area contributed by atoms with Gasteiger partial charge in [0.2, 0.25) is 5.91 Å². The summed E-state index contributed by atoms with van der Waals surface area (Å²) in [5.74, 6) is -2.27. The van der Waals surface area contributed by atoms with Crippen molar-refractivity contribution < 1.29 is 24.4 Å². The van der Waals surface area contributed by atoms with Gasteiger partial charge in [0.15, 0.2) is 0 Å². The second-order valence-corrected chi connectivity index (χ2v) is 9.28. The molecule has 1 aromatic carbocycles. The second kappa shape index (κ2) is 6.45. The summed E-state index contributed by atoms with van der Waals surface area (Å²) in [4.78, 5) is 48.5. The Labute approximate surface area is 164 Å². The first kappa shape index (κ1) is 20.1. The lowest BCUT2D eigenvalue weighted by atomic mass is 9.85. The third-order valence-corrected chi connectivity index (χ3v) is 6.87. The molecule has 0 aliphatic carbocycles. The zero-order valence-electron chi connectivity index (χ0n) is 15.4. The Kier molecular flexibility index (Phi) is 4.63. The van der Waals surface area contributed by atoms with Gasteiger partial charge in [-0.15, -0.1) is 11.8 Å². The highest BCUT2D eigenvalue weighted by Crippen LogP contribution is 2.54. The molecule has 2 aliphatic heterocycles. The molecule has 0 saturated carbocycles. The molecule has 2 fully saturated rings. The smallest absolute Gasteiger partial charge is 0.327 e. The first-order valence-electron chi connectivity index (χ1n) is 8.45. The SMILES string of the molecule is CC1(C)S[C@H]2N(C(=O)[C@]2(C)NC(=O)C(N)c2cccc([N+](=O)[O-])c2)[C@H]1C(=O)O. The Morgan fingerprint density at radius 1 is 1.39 bits per heavy atom. The molecular formula is C17H20N4O6S. The van der Waals surface area contributed by atoms with Crippen LogP contribution in [0.25, 0.3) is 0 Å². The van der Waals surface area contributed by atoms with E-state index in [9.17, 15) is 29.6 Å². The van der Waals surface area contributed by atoms with Crippen LogP contribution in [-0.2, 0) is 14.4 Å². The van der Waals surface area contributed by atoms with Gasteiger partial charge in [-0.3, -0.25) is 19.7 Å². The van der Waals surface area contributed by atoms with E-state index in [1.54, 1.807) is 13.8 Å². The Morgan fingerprint density at radius 2 is 2.04 bits per heavy atom. The summed E-state index contributed by atoms with van der Waals surface area (Å²) in [5, 5.41) is 22.5. The van der Waals surface area contributed by atoms with Gasteiger partial charge in [0.1, 0.15) is 23.0 Å². The number of non-ortho nitro benzene ring substituents is 1. The molecule has 4 atom stereocenters. The lowest BCUT2D eigenvalue weighted by molar-refractivity contribution is -0.384. The molecule has 150 valence electrons. The van der Waals surface area contributed by atoms with E-state index in [2.05, 4.69) is 5.32 Å². The van der Waals surface area contributed by atoms with Gasteiger partial charge < -0.3 is 21.1 Å². The Balaban J connectivity index is 1.79. The number of carboxylic acids is 1. The number of hydrogen-bond donors (Lipinski definition) is 3. The van der Waals surface area contributed by atoms with Crippen LogP contribution in [0.2, 0.25) is 0 Å². The topological polar surface area (TPSA) is 156 Å². The molecule has 10 nitrogen and oxygen atoms in total. The first-order valence-corrected chi connectivity index (χ1v) is 9.33. The summed E-state index contributed by atoms with van der Waals surface area (Å²) in [7, 11) is 0. The highest BCUT2D eigenvalue weighted by Gasteiger charge is 2.70. The van der Waals surface area contributed by atoms with E-state index in [0.717, 1.165) is 0 Å². The third kappa shape index (κ3) is 2.90. The van der Waals surface area contributed by atoms with Crippen molar-refractivity contribution in [2.75, 3.05) is 0 Å². The number of β-lactam (4-membered cyclic amide) rings is 1. The number of nitrogens with two attached hydrogens (primary N) is 1. The number of hydrogen-bond acceptors (Lipinski definition) is 7. The maximum Gasteiger partial charge on any atom is 0.327 e. The lowest BCUT2D eigenvalue weighted by Gasteiger charge is -2.51. The second-order valence-electron chi connectivity index (χ2n) is 7.55. The van der Waals surface area contributed by atoms with Crippen LogP contribution in [0.5, 0.6) is 0 Å². The quantitative estimate of drug-likeness (QED) is 0.364. The Morgan fingerprint density at radius 3 is 2.61 bits per heavy atom. The minimum absolute atomic E-state index is 0.199. The van der Waals surface area contributed by atoms with Gasteiger partial charge in [-0.25, -0.2) is 4.79 Å². The number of carbonyl (C=O) groups excluding carboxylic acids is 2. The average molecular weight is 408 g/mol. The molecule has 2 amide bonds. The monoisotopic (exact) mass is 408 g/mol. The number of carbonyl (C=O) groups is 3. The van der Waals surface area contributed by atoms with Gasteiger partial charge in [-0.1, -0.05) is 12.1 Å². The van der Waals surface area contributed by atoms with E-state index < -0.39 is 50.5 Å². The number of nitrogens with one attached hydrogen (secondary N) is 1. The zero-order valence-corrected chi connectivity index (χ0v) is 16.2. The molecule has 0 radical (unpaired) electrons. The molecule has 2 heterocycles. The maximum atomic E-state index is 12.7. The van der Waals surface area contributed by atoms with Gasteiger partial charge in [0.25, 0.3) is 11.6 Å². The van der Waals surface area contributed by atoms with Crippen LogP contribution in [0.15, 0.2) is 24.3 Å². The number of carboxylic acid groups (broad SMARTS) is 1. The highest BCUT2D eigenvalue weighted by atomic mass is 32.2. The molecule has 0 bridgehead atoms. The minimum atomic E-state index is -1.30. The Hall–Kier alpha value is -2.66. The van der Waals surface area contributed by atoms with E-state index in [0.29, 0.717) is 0 Å². The minimum Gasteiger partial charge on any atom is -0.480 e. The van der Waals surface area contributed by atoms with Gasteiger partial charge in [0, 0.05) is 16.9 Å². The first-order chi connectivity index (χ1) is 12.9. The maximum absolute atomic E-state index is 12.7. The molecule has 2 aliphatic rings. The summed E-state index contributed by atoms with van der Waals surface area (Å²) < 4.78 is -0.725. The molecule has 1 aromatic rings. The van der Waals surface area contributed by atoms with Crippen LogP contribution in [0, 0.1) is 10.1 Å². The molecule has 0 aromatic heterocycles. The van der Waals surface area contributed by atoms with E-state index in [-0.39, 0.29) is 11.3 Å². The predicted octanol–water partition coefficient (Wildman–Crippen LogP) is 0.616. The van der Waals surface area contributed by atoms with Crippen LogP contribution in [0.1, 0.15) is 32.4 Å². The summed E-state index contributed by atoms with van der Waals surface area (Å²) in [5.41, 5.74) is 4.68. The van der Waals surface area contributed by atoms with Crippen molar-refractivity contribution >= 4 is 35.2 Å². The molecule has 4 N–H and O–H groups in total. The largest absolute Gasteiger partial charge is 0.480 e. The summed E-state index contributed by atoms with van der Waals surface area (Å²) in [6.45, 7) is 5.00. The number of amides is 2. The number of nitro groups is 1. The average Bonchev–Trinajstić information content (AvgIpc) is 2.90. The van der Waals surface area contributed by atoms with E-state index >= 15 is 0 Å². The van der Waals surface area contributed by atoms with Crippen molar-refractivity contribution in [1.82, 2.24) is 10.2 Å². The van der Waals surface area contributed by atoms with Crippen molar-refractivity contribution in [3.63, 3.8) is 0 Å². The molecule has 3 rings (SSSR count). The molecule has 2 saturated heterocycles. The molecule has 0 spiro atoms. The van der Waals surface area contributed by atoms with Crippen molar-refractivity contribution in [1.29, 1.82) is 0 Å². The standard InChI is InChI=1S/C17H20N4O6S/c1-16(2)11(13(23)24)20-14(25)17(3,15(20)28-16)19-12(22)10(18)8-5-4-6-9(7-8)21(26)27/h4-7,10-11,15H,18H2,1-3H3,(H,19,22)(H,23,24)/t10?,11-,15+,17-/m0/s1. The molecule has 11 heteroatoms. The predicted molar refractivity (Wildman–Crippen MR) is 100 cm³/mol. The fourth-order valence-electron chi connectivity index (χ4n) is 3.66. The Bertz CT molecular complexity index is 890. The summed E-state index contributed by atoms with van der Waals surface area (Å²) >= 11 is 1.30.